The second-order valence-corrected chi connectivity index (χ2v) is 4.71. The lowest BCUT2D eigenvalue weighted by Crippen LogP contribution is -2.36. The third-order valence-corrected chi connectivity index (χ3v) is 3.35. The van der Waals surface area contributed by atoms with Gasteiger partial charge in [0.1, 0.15) is 5.60 Å². The van der Waals surface area contributed by atoms with Gasteiger partial charge in [0.25, 0.3) is 0 Å². The third kappa shape index (κ3) is 3.67. The maximum absolute atomic E-state index is 6.10. The highest BCUT2D eigenvalue weighted by Crippen LogP contribution is 2.34. The predicted molar refractivity (Wildman–Crippen MR) is 67.3 cm³/mol. The Morgan fingerprint density at radius 3 is 2.50 bits per heavy atom. The van der Waals surface area contributed by atoms with Gasteiger partial charge < -0.3 is 9.47 Å². The van der Waals surface area contributed by atoms with Crippen molar-refractivity contribution >= 4 is 0 Å². The average Bonchev–Trinajstić information content (AvgIpc) is 2.29. The largest absolute Gasteiger partial charge is 0.492 e. The molecule has 0 bridgehead atoms. The first-order chi connectivity index (χ1) is 7.63. The molecule has 1 aliphatic carbocycles. The summed E-state index contributed by atoms with van der Waals surface area (Å²) in [6.45, 7) is 8.02. The van der Waals surface area contributed by atoms with E-state index in [4.69, 9.17) is 9.47 Å². The second-order valence-electron chi connectivity index (χ2n) is 4.71. The van der Waals surface area contributed by atoms with Crippen LogP contribution >= 0.6 is 0 Å². The van der Waals surface area contributed by atoms with Crippen molar-refractivity contribution in [1.82, 2.24) is 0 Å². The molecule has 0 aromatic rings. The molecule has 92 valence electrons. The zero-order chi connectivity index (χ0) is 12.0. The van der Waals surface area contributed by atoms with E-state index in [0.717, 1.165) is 37.9 Å². The Bertz CT molecular complexity index is 247. The van der Waals surface area contributed by atoms with Crippen molar-refractivity contribution < 1.29 is 9.47 Å². The van der Waals surface area contributed by atoms with Gasteiger partial charge >= 0.3 is 0 Å². The minimum absolute atomic E-state index is 0.0140. The molecule has 1 aliphatic rings. The van der Waals surface area contributed by atoms with Crippen molar-refractivity contribution in [3.05, 3.63) is 24.5 Å². The molecule has 2 heteroatoms. The van der Waals surface area contributed by atoms with E-state index in [1.54, 1.807) is 13.2 Å². The Morgan fingerprint density at radius 2 is 2.06 bits per heavy atom. The van der Waals surface area contributed by atoms with E-state index in [2.05, 4.69) is 20.4 Å². The van der Waals surface area contributed by atoms with Crippen LogP contribution in [-0.4, -0.2) is 18.8 Å². The highest BCUT2D eigenvalue weighted by Gasteiger charge is 2.33. The summed E-state index contributed by atoms with van der Waals surface area (Å²) in [4.78, 5) is 0. The van der Waals surface area contributed by atoms with E-state index in [9.17, 15) is 0 Å². The Morgan fingerprint density at radius 1 is 1.44 bits per heavy atom. The lowest BCUT2D eigenvalue weighted by molar-refractivity contribution is -0.0533. The molecule has 1 rings (SSSR count). The summed E-state index contributed by atoms with van der Waals surface area (Å²) in [5.41, 5.74) is -0.0140. The highest BCUT2D eigenvalue weighted by molar-refractivity contribution is 5.05. The molecule has 0 unspecified atom stereocenters. The first-order valence-corrected chi connectivity index (χ1v) is 6.17. The van der Waals surface area contributed by atoms with Crippen LogP contribution in [-0.2, 0) is 9.47 Å². The molecule has 0 atom stereocenters. The first kappa shape index (κ1) is 13.3. The van der Waals surface area contributed by atoms with Crippen LogP contribution in [0.3, 0.4) is 0 Å². The molecule has 0 heterocycles. The van der Waals surface area contributed by atoms with Gasteiger partial charge in [0.15, 0.2) is 0 Å². The van der Waals surface area contributed by atoms with Gasteiger partial charge in [-0.05, 0) is 38.7 Å². The number of allylic oxidation sites excluding steroid dienone is 3. The smallest absolute Gasteiger partial charge is 0.106 e. The standard InChI is InChI=1S/C14H24O2/c1-5-7-12(6-2)16-14(3)10-8-13(15-4)9-11-14/h5,7,13H,1,6,8-11H2,2-4H3/b12-7+. The van der Waals surface area contributed by atoms with Gasteiger partial charge in [-0.15, -0.1) is 0 Å². The first-order valence-electron chi connectivity index (χ1n) is 6.17. The molecule has 0 amide bonds. The van der Waals surface area contributed by atoms with Crippen LogP contribution in [0.5, 0.6) is 0 Å². The number of hydrogen-bond acceptors (Lipinski definition) is 2. The Kier molecular flexibility index (Phi) is 5.07. The number of rotatable bonds is 5. The van der Waals surface area contributed by atoms with E-state index < -0.39 is 0 Å². The number of hydrogen-bond donors (Lipinski definition) is 0. The molecule has 2 nitrogen and oxygen atoms in total. The van der Waals surface area contributed by atoms with Gasteiger partial charge in [-0.25, -0.2) is 0 Å². The molecule has 1 saturated carbocycles. The van der Waals surface area contributed by atoms with Gasteiger partial charge in [-0.3, -0.25) is 0 Å². The maximum Gasteiger partial charge on any atom is 0.106 e. The van der Waals surface area contributed by atoms with Gasteiger partial charge in [0, 0.05) is 13.5 Å². The monoisotopic (exact) mass is 224 g/mol. The fourth-order valence-corrected chi connectivity index (χ4v) is 2.21. The zero-order valence-electron chi connectivity index (χ0n) is 10.8. The summed E-state index contributed by atoms with van der Waals surface area (Å²) >= 11 is 0. The predicted octanol–water partition coefficient (Wildman–Crippen LogP) is 3.83. The maximum atomic E-state index is 6.10. The third-order valence-electron chi connectivity index (χ3n) is 3.35. The van der Waals surface area contributed by atoms with Crippen molar-refractivity contribution in [3.63, 3.8) is 0 Å². The molecule has 0 aliphatic heterocycles. The van der Waals surface area contributed by atoms with Crippen LogP contribution in [0.2, 0.25) is 0 Å². The Hall–Kier alpha value is -0.760. The lowest BCUT2D eigenvalue weighted by Gasteiger charge is -2.37. The second kappa shape index (κ2) is 6.09. The van der Waals surface area contributed by atoms with E-state index in [-0.39, 0.29) is 5.60 Å². The highest BCUT2D eigenvalue weighted by atomic mass is 16.5. The van der Waals surface area contributed by atoms with Gasteiger partial charge in [0.05, 0.1) is 11.9 Å². The van der Waals surface area contributed by atoms with E-state index in [1.165, 1.54) is 0 Å². The fraction of sp³-hybridized carbons (Fsp3) is 0.714. The molecular weight excluding hydrogens is 200 g/mol. The van der Waals surface area contributed by atoms with Crippen LogP contribution in [0.25, 0.3) is 0 Å². The Balaban J connectivity index is 2.53. The summed E-state index contributed by atoms with van der Waals surface area (Å²) in [7, 11) is 1.79. The van der Waals surface area contributed by atoms with Crippen LogP contribution < -0.4 is 0 Å². The summed E-state index contributed by atoms with van der Waals surface area (Å²) in [5.74, 6) is 1.04. The average molecular weight is 224 g/mol. The SMILES string of the molecule is C=C/C=C(\CC)OC1(C)CCC(OC)CC1. The van der Waals surface area contributed by atoms with Crippen LogP contribution in [0.1, 0.15) is 46.0 Å². The van der Waals surface area contributed by atoms with Crippen molar-refractivity contribution in [1.29, 1.82) is 0 Å². The van der Waals surface area contributed by atoms with Gasteiger partial charge in [0.2, 0.25) is 0 Å². The summed E-state index contributed by atoms with van der Waals surface area (Å²) < 4.78 is 11.5. The quantitative estimate of drug-likeness (QED) is 0.522. The van der Waals surface area contributed by atoms with Crippen LogP contribution in [0.15, 0.2) is 24.5 Å². The van der Waals surface area contributed by atoms with Crippen molar-refractivity contribution in [3.8, 4) is 0 Å². The summed E-state index contributed by atoms with van der Waals surface area (Å²) in [6, 6.07) is 0. The van der Waals surface area contributed by atoms with E-state index in [0.29, 0.717) is 6.10 Å². The van der Waals surface area contributed by atoms with E-state index in [1.807, 2.05) is 6.08 Å². The minimum Gasteiger partial charge on any atom is -0.492 e. The topological polar surface area (TPSA) is 18.5 Å². The molecule has 0 N–H and O–H groups in total. The molecule has 16 heavy (non-hydrogen) atoms. The molecule has 0 aromatic carbocycles. The Labute approximate surface area is 99.3 Å². The van der Waals surface area contributed by atoms with Gasteiger partial charge in [-0.2, -0.15) is 0 Å². The molecule has 0 radical (unpaired) electrons. The van der Waals surface area contributed by atoms with E-state index >= 15 is 0 Å². The number of methoxy groups -OCH3 is 1. The van der Waals surface area contributed by atoms with Crippen molar-refractivity contribution in [2.75, 3.05) is 7.11 Å². The summed E-state index contributed by atoms with van der Waals surface area (Å²) in [6.07, 6.45) is 9.44. The molecule has 1 fully saturated rings. The van der Waals surface area contributed by atoms with Gasteiger partial charge in [-0.1, -0.05) is 19.6 Å². The van der Waals surface area contributed by atoms with Crippen LogP contribution in [0.4, 0.5) is 0 Å². The normalized spacial score (nSPS) is 31.2. The molecule has 0 aromatic heterocycles. The lowest BCUT2D eigenvalue weighted by atomic mass is 9.84. The summed E-state index contributed by atoms with van der Waals surface area (Å²) in [5, 5.41) is 0. The minimum atomic E-state index is -0.0140. The molecule has 0 saturated heterocycles. The number of ether oxygens (including phenoxy) is 2. The van der Waals surface area contributed by atoms with Crippen molar-refractivity contribution in [2.45, 2.75) is 57.7 Å². The fourth-order valence-electron chi connectivity index (χ4n) is 2.21. The van der Waals surface area contributed by atoms with Crippen molar-refractivity contribution in [2.24, 2.45) is 0 Å². The molecular formula is C14H24O2. The zero-order valence-corrected chi connectivity index (χ0v) is 10.8. The molecule has 0 spiro atoms. The van der Waals surface area contributed by atoms with Crippen LogP contribution in [0, 0.1) is 0 Å².